The minimum absolute atomic E-state index is 0.000594. The number of piperazine rings is 1. The molecule has 0 bridgehead atoms. The van der Waals surface area contributed by atoms with E-state index >= 15 is 0 Å². The molecule has 142 valence electrons. The number of carbonyl (C=O) groups excluding carboxylic acids is 1. The molecule has 3 aliphatic rings. The first-order valence-electron chi connectivity index (χ1n) is 8.93. The van der Waals surface area contributed by atoms with E-state index in [9.17, 15) is 20.1 Å². The average molecular weight is 401 g/mol. The Kier molecular flexibility index (Phi) is 4.82. The summed E-state index contributed by atoms with van der Waals surface area (Å²) in [5, 5.41) is 31.0. The van der Waals surface area contributed by atoms with Crippen LogP contribution in [0.25, 0.3) is 0 Å². The highest BCUT2D eigenvalue weighted by atomic mass is 35.5. The van der Waals surface area contributed by atoms with E-state index in [2.05, 4.69) is 0 Å². The quantitative estimate of drug-likeness (QED) is 0.701. The molecule has 0 spiro atoms. The van der Waals surface area contributed by atoms with Crippen LogP contribution in [0.1, 0.15) is 30.7 Å². The Morgan fingerprint density at radius 3 is 2.58 bits per heavy atom. The molecule has 0 radical (unpaired) electrons. The van der Waals surface area contributed by atoms with Gasteiger partial charge in [-0.1, -0.05) is 23.2 Å². The number of aliphatic hydroxyl groups is 2. The lowest BCUT2D eigenvalue weighted by Gasteiger charge is -2.41. The number of halogens is 2. The number of carbonyl (C=O) groups is 1. The smallest absolute Gasteiger partial charge is 0.237 e. The number of aliphatic hydroxyl groups excluding tert-OH is 2. The lowest BCUT2D eigenvalue weighted by molar-refractivity contribution is -0.140. The predicted octanol–water partition coefficient (Wildman–Crippen LogP) is 1.58. The third kappa shape index (κ3) is 2.98. The zero-order chi connectivity index (χ0) is 18.6. The number of hydrogen-bond acceptors (Lipinski definition) is 5. The third-order valence-electron chi connectivity index (χ3n) is 6.05. The standard InChI is InChI=1S/C18H22Cl2N2O4/c19-11-1-3-13(23)16(17(11)20)9-5-10-7-21(8-15(25)22(10)6-9)12-2-4-14(24)18(12)26/h1,3,9-10,12,14,18,23-24,26H,2,4-8H2/t9-,10-,12+,14-,18+/m0/s1. The molecule has 2 saturated heterocycles. The molecule has 4 rings (SSSR count). The second-order valence-corrected chi connectivity index (χ2v) is 8.34. The number of hydrogen-bond donors (Lipinski definition) is 3. The molecule has 5 atom stereocenters. The van der Waals surface area contributed by atoms with Crippen molar-refractivity contribution in [1.82, 2.24) is 9.80 Å². The summed E-state index contributed by atoms with van der Waals surface area (Å²) in [6, 6.07) is 2.91. The van der Waals surface area contributed by atoms with Gasteiger partial charge < -0.3 is 20.2 Å². The number of benzene rings is 1. The average Bonchev–Trinajstić information content (AvgIpc) is 3.16. The fraction of sp³-hybridized carbons (Fsp3) is 0.611. The van der Waals surface area contributed by atoms with Gasteiger partial charge in [-0.15, -0.1) is 0 Å². The first kappa shape index (κ1) is 18.3. The summed E-state index contributed by atoms with van der Waals surface area (Å²) in [6.45, 7) is 1.39. The summed E-state index contributed by atoms with van der Waals surface area (Å²) in [4.78, 5) is 16.5. The van der Waals surface area contributed by atoms with E-state index in [0.29, 0.717) is 48.0 Å². The molecule has 3 fully saturated rings. The molecule has 1 aliphatic carbocycles. The van der Waals surface area contributed by atoms with Crippen LogP contribution in [0.5, 0.6) is 5.75 Å². The van der Waals surface area contributed by atoms with Crippen LogP contribution in [0.4, 0.5) is 0 Å². The maximum Gasteiger partial charge on any atom is 0.237 e. The molecule has 3 N–H and O–H groups in total. The van der Waals surface area contributed by atoms with Gasteiger partial charge in [0.15, 0.2) is 0 Å². The number of aromatic hydroxyl groups is 1. The molecule has 1 saturated carbocycles. The third-order valence-corrected chi connectivity index (χ3v) is 6.87. The Hall–Kier alpha value is -1.05. The van der Waals surface area contributed by atoms with Crippen LogP contribution >= 0.6 is 23.2 Å². The van der Waals surface area contributed by atoms with Crippen LogP contribution in [0.3, 0.4) is 0 Å². The highest BCUT2D eigenvalue weighted by Gasteiger charge is 2.46. The van der Waals surface area contributed by atoms with Crippen molar-refractivity contribution in [2.45, 2.75) is 49.5 Å². The number of rotatable bonds is 2. The van der Waals surface area contributed by atoms with E-state index in [1.807, 2.05) is 9.80 Å². The fourth-order valence-electron chi connectivity index (χ4n) is 4.74. The lowest BCUT2D eigenvalue weighted by atomic mass is 9.95. The van der Waals surface area contributed by atoms with Gasteiger partial charge in [0.05, 0.1) is 28.8 Å². The van der Waals surface area contributed by atoms with E-state index in [0.717, 1.165) is 0 Å². The fourth-order valence-corrected chi connectivity index (χ4v) is 5.22. The number of nitrogens with zero attached hydrogens (tertiary/aromatic N) is 2. The SMILES string of the molecule is O=C1CN([C@@H]2CC[C@H](O)[C@@H]2O)C[C@@H]2C[C@H](c3c(O)ccc(Cl)c3Cl)CN12. The van der Waals surface area contributed by atoms with Crippen molar-refractivity contribution in [2.75, 3.05) is 19.6 Å². The van der Waals surface area contributed by atoms with Gasteiger partial charge in [0.2, 0.25) is 5.91 Å². The Balaban J connectivity index is 1.54. The Morgan fingerprint density at radius 1 is 1.12 bits per heavy atom. The maximum atomic E-state index is 12.7. The van der Waals surface area contributed by atoms with Gasteiger partial charge >= 0.3 is 0 Å². The van der Waals surface area contributed by atoms with Crippen molar-refractivity contribution in [3.63, 3.8) is 0 Å². The van der Waals surface area contributed by atoms with E-state index in [1.54, 1.807) is 6.07 Å². The van der Waals surface area contributed by atoms with Crippen LogP contribution in [-0.2, 0) is 4.79 Å². The maximum absolute atomic E-state index is 12.7. The minimum Gasteiger partial charge on any atom is -0.508 e. The highest BCUT2D eigenvalue weighted by Crippen LogP contribution is 2.44. The van der Waals surface area contributed by atoms with Gasteiger partial charge in [-0.25, -0.2) is 0 Å². The summed E-state index contributed by atoms with van der Waals surface area (Å²) < 4.78 is 0. The molecule has 2 aliphatic heterocycles. The van der Waals surface area contributed by atoms with Gasteiger partial charge in [-0.05, 0) is 31.4 Å². The normalized spacial score (nSPS) is 35.2. The first-order valence-corrected chi connectivity index (χ1v) is 9.69. The zero-order valence-corrected chi connectivity index (χ0v) is 15.7. The second-order valence-electron chi connectivity index (χ2n) is 7.56. The van der Waals surface area contributed by atoms with Crippen molar-refractivity contribution >= 4 is 29.1 Å². The Morgan fingerprint density at radius 2 is 1.88 bits per heavy atom. The van der Waals surface area contributed by atoms with Crippen LogP contribution in [-0.4, -0.2) is 75.0 Å². The van der Waals surface area contributed by atoms with Crippen molar-refractivity contribution in [3.8, 4) is 5.75 Å². The monoisotopic (exact) mass is 400 g/mol. The van der Waals surface area contributed by atoms with Gasteiger partial charge in [0, 0.05) is 36.7 Å². The summed E-state index contributed by atoms with van der Waals surface area (Å²) in [6.07, 6.45) is 0.401. The Labute approximate surface area is 161 Å². The van der Waals surface area contributed by atoms with Gasteiger partial charge in [0.25, 0.3) is 0 Å². The zero-order valence-electron chi connectivity index (χ0n) is 14.2. The van der Waals surface area contributed by atoms with Crippen LogP contribution in [0.15, 0.2) is 12.1 Å². The molecule has 0 unspecified atom stereocenters. The lowest BCUT2D eigenvalue weighted by Crippen LogP contribution is -2.58. The molecule has 8 heteroatoms. The van der Waals surface area contributed by atoms with Crippen molar-refractivity contribution in [3.05, 3.63) is 27.7 Å². The molecular formula is C18H22Cl2N2O4. The van der Waals surface area contributed by atoms with Crippen molar-refractivity contribution in [1.29, 1.82) is 0 Å². The molecule has 1 amide bonds. The predicted molar refractivity (Wildman–Crippen MR) is 97.6 cm³/mol. The van der Waals surface area contributed by atoms with Crippen molar-refractivity contribution in [2.24, 2.45) is 0 Å². The summed E-state index contributed by atoms with van der Waals surface area (Å²) in [7, 11) is 0. The second kappa shape index (κ2) is 6.84. The van der Waals surface area contributed by atoms with Gasteiger partial charge in [0.1, 0.15) is 5.75 Å². The molecule has 2 heterocycles. The Bertz CT molecular complexity index is 731. The number of phenolic OH excluding ortho intramolecular Hbond substituents is 1. The molecule has 1 aromatic carbocycles. The van der Waals surface area contributed by atoms with Gasteiger partial charge in [-0.2, -0.15) is 0 Å². The van der Waals surface area contributed by atoms with Gasteiger partial charge in [-0.3, -0.25) is 9.69 Å². The molecule has 1 aromatic rings. The van der Waals surface area contributed by atoms with E-state index < -0.39 is 12.2 Å². The van der Waals surface area contributed by atoms with Crippen LogP contribution in [0.2, 0.25) is 10.0 Å². The van der Waals surface area contributed by atoms with E-state index in [-0.39, 0.29) is 36.2 Å². The van der Waals surface area contributed by atoms with E-state index in [4.69, 9.17) is 23.2 Å². The largest absolute Gasteiger partial charge is 0.508 e. The molecule has 0 aromatic heterocycles. The minimum atomic E-state index is -0.807. The topological polar surface area (TPSA) is 84.2 Å². The molecule has 26 heavy (non-hydrogen) atoms. The van der Waals surface area contributed by atoms with Crippen LogP contribution in [0, 0.1) is 0 Å². The number of fused-ring (bicyclic) bond motifs is 1. The van der Waals surface area contributed by atoms with Crippen LogP contribution < -0.4 is 0 Å². The summed E-state index contributed by atoms with van der Waals surface area (Å²) >= 11 is 12.4. The van der Waals surface area contributed by atoms with Crippen molar-refractivity contribution < 1.29 is 20.1 Å². The summed E-state index contributed by atoms with van der Waals surface area (Å²) in [5.41, 5.74) is 0.601. The van der Waals surface area contributed by atoms with E-state index in [1.165, 1.54) is 6.07 Å². The number of phenols is 1. The highest BCUT2D eigenvalue weighted by molar-refractivity contribution is 6.42. The first-order chi connectivity index (χ1) is 12.4. The molecule has 6 nitrogen and oxygen atoms in total. The molecular weight excluding hydrogens is 379 g/mol. The number of amides is 1. The summed E-state index contributed by atoms with van der Waals surface area (Å²) in [5.74, 6) is 0.0343.